The van der Waals surface area contributed by atoms with E-state index in [2.05, 4.69) is 68.6 Å². The highest BCUT2D eigenvalue weighted by Crippen LogP contribution is 2.32. The Labute approximate surface area is 120 Å². The zero-order valence-electron chi connectivity index (χ0n) is 11.9. The molecule has 0 atom stereocenters. The van der Waals surface area contributed by atoms with Gasteiger partial charge < -0.3 is 5.32 Å². The number of benzene rings is 2. The van der Waals surface area contributed by atoms with Crippen LogP contribution >= 0.6 is 11.8 Å². The van der Waals surface area contributed by atoms with Gasteiger partial charge in [-0.3, -0.25) is 0 Å². The molecule has 2 rings (SSSR count). The molecule has 2 aromatic rings. The minimum atomic E-state index is 0.935. The maximum atomic E-state index is 3.40. The molecular formula is C17H21NS. The van der Waals surface area contributed by atoms with E-state index in [4.69, 9.17) is 0 Å². The number of hydrogen-bond acceptors (Lipinski definition) is 2. The lowest BCUT2D eigenvalue weighted by molar-refractivity contribution is 0.718. The van der Waals surface area contributed by atoms with Crippen molar-refractivity contribution in [3.05, 3.63) is 59.2 Å². The fraction of sp³-hybridized carbons (Fsp3) is 0.294. The van der Waals surface area contributed by atoms with Gasteiger partial charge in [0.2, 0.25) is 0 Å². The molecule has 0 saturated heterocycles. The Morgan fingerprint density at radius 2 is 1.79 bits per heavy atom. The van der Waals surface area contributed by atoms with Crippen LogP contribution in [0, 0.1) is 13.8 Å². The second-order valence-corrected chi connectivity index (χ2v) is 5.84. The van der Waals surface area contributed by atoms with Gasteiger partial charge in [-0.2, -0.15) is 0 Å². The number of nitrogens with one attached hydrogen (secondary N) is 1. The molecule has 1 nitrogen and oxygen atoms in total. The molecule has 0 aliphatic heterocycles. The Morgan fingerprint density at radius 3 is 2.53 bits per heavy atom. The molecular weight excluding hydrogens is 250 g/mol. The summed E-state index contributed by atoms with van der Waals surface area (Å²) in [6.45, 7) is 8.40. The Morgan fingerprint density at radius 1 is 1.00 bits per heavy atom. The summed E-state index contributed by atoms with van der Waals surface area (Å²) >= 11 is 1.86. The molecule has 0 spiro atoms. The van der Waals surface area contributed by atoms with Crippen LogP contribution in [0.5, 0.6) is 0 Å². The second kappa shape index (κ2) is 6.78. The topological polar surface area (TPSA) is 12.0 Å². The van der Waals surface area contributed by atoms with Crippen LogP contribution in [0.1, 0.15) is 23.6 Å². The van der Waals surface area contributed by atoms with E-state index < -0.39 is 0 Å². The molecule has 0 radical (unpaired) electrons. The summed E-state index contributed by atoms with van der Waals surface area (Å²) in [6, 6.07) is 15.3. The van der Waals surface area contributed by atoms with Gasteiger partial charge in [-0.05, 0) is 43.7 Å². The van der Waals surface area contributed by atoms with Gasteiger partial charge >= 0.3 is 0 Å². The summed E-state index contributed by atoms with van der Waals surface area (Å²) in [5.74, 6) is 0. The molecule has 0 bridgehead atoms. The van der Waals surface area contributed by atoms with Crippen molar-refractivity contribution in [3.63, 3.8) is 0 Å². The summed E-state index contributed by atoms with van der Waals surface area (Å²) in [5.41, 5.74) is 4.04. The van der Waals surface area contributed by atoms with Crippen LogP contribution in [0.15, 0.2) is 52.3 Å². The van der Waals surface area contributed by atoms with Crippen molar-refractivity contribution >= 4 is 11.8 Å². The monoisotopic (exact) mass is 271 g/mol. The summed E-state index contributed by atoms with van der Waals surface area (Å²) in [7, 11) is 0. The predicted molar refractivity (Wildman–Crippen MR) is 83.9 cm³/mol. The normalized spacial score (nSPS) is 10.7. The van der Waals surface area contributed by atoms with Crippen molar-refractivity contribution in [2.75, 3.05) is 6.54 Å². The Hall–Kier alpha value is -1.25. The second-order valence-electron chi connectivity index (χ2n) is 4.76. The molecule has 1 N–H and O–H groups in total. The first-order chi connectivity index (χ1) is 9.20. The number of aryl methyl sites for hydroxylation is 2. The molecule has 0 aliphatic carbocycles. The van der Waals surface area contributed by atoms with Gasteiger partial charge in [-0.15, -0.1) is 0 Å². The number of hydrogen-bond donors (Lipinski definition) is 1. The zero-order chi connectivity index (χ0) is 13.7. The van der Waals surface area contributed by atoms with Gasteiger partial charge in [0.1, 0.15) is 0 Å². The third-order valence-corrected chi connectivity index (χ3v) is 4.38. The van der Waals surface area contributed by atoms with Crippen LogP contribution in [0.2, 0.25) is 0 Å². The Bertz CT molecular complexity index is 549. The average molecular weight is 271 g/mol. The summed E-state index contributed by atoms with van der Waals surface area (Å²) in [6.07, 6.45) is 0. The first-order valence-corrected chi connectivity index (χ1v) is 7.56. The molecule has 0 fully saturated rings. The van der Waals surface area contributed by atoms with Crippen LogP contribution < -0.4 is 5.32 Å². The van der Waals surface area contributed by atoms with E-state index in [-0.39, 0.29) is 0 Å². The third-order valence-electron chi connectivity index (χ3n) is 3.09. The lowest BCUT2D eigenvalue weighted by Crippen LogP contribution is -2.12. The van der Waals surface area contributed by atoms with Crippen molar-refractivity contribution in [2.24, 2.45) is 0 Å². The van der Waals surface area contributed by atoms with E-state index in [1.165, 1.54) is 26.5 Å². The van der Waals surface area contributed by atoms with E-state index in [0.29, 0.717) is 0 Å². The Kier molecular flexibility index (Phi) is 5.06. The average Bonchev–Trinajstić information content (AvgIpc) is 2.41. The molecule has 0 amide bonds. The van der Waals surface area contributed by atoms with E-state index in [9.17, 15) is 0 Å². The van der Waals surface area contributed by atoms with E-state index in [1.54, 1.807) is 0 Å². The lowest BCUT2D eigenvalue weighted by atomic mass is 10.2. The van der Waals surface area contributed by atoms with Gasteiger partial charge in [-0.25, -0.2) is 0 Å². The SMILES string of the molecule is CCNCc1ccccc1Sc1ccc(C)cc1C. The van der Waals surface area contributed by atoms with Crippen molar-refractivity contribution < 1.29 is 0 Å². The quantitative estimate of drug-likeness (QED) is 0.855. The summed E-state index contributed by atoms with van der Waals surface area (Å²) in [4.78, 5) is 2.69. The summed E-state index contributed by atoms with van der Waals surface area (Å²) < 4.78 is 0. The van der Waals surface area contributed by atoms with E-state index >= 15 is 0 Å². The van der Waals surface area contributed by atoms with Crippen molar-refractivity contribution in [3.8, 4) is 0 Å². The third kappa shape index (κ3) is 3.85. The number of rotatable bonds is 5. The largest absolute Gasteiger partial charge is 0.313 e. The van der Waals surface area contributed by atoms with Crippen LogP contribution in [-0.4, -0.2) is 6.54 Å². The summed E-state index contributed by atoms with van der Waals surface area (Å²) in [5, 5.41) is 3.40. The first kappa shape index (κ1) is 14.2. The molecule has 19 heavy (non-hydrogen) atoms. The van der Waals surface area contributed by atoms with E-state index in [1.807, 2.05) is 11.8 Å². The van der Waals surface area contributed by atoms with Gasteiger partial charge in [-0.1, -0.05) is 54.6 Å². The van der Waals surface area contributed by atoms with Gasteiger partial charge in [0, 0.05) is 16.3 Å². The van der Waals surface area contributed by atoms with Crippen molar-refractivity contribution in [1.82, 2.24) is 5.32 Å². The van der Waals surface area contributed by atoms with E-state index in [0.717, 1.165) is 13.1 Å². The molecule has 2 heteroatoms. The molecule has 0 saturated carbocycles. The van der Waals surface area contributed by atoms with Crippen LogP contribution in [0.25, 0.3) is 0 Å². The minimum absolute atomic E-state index is 0.935. The molecule has 0 heterocycles. The smallest absolute Gasteiger partial charge is 0.0216 e. The first-order valence-electron chi connectivity index (χ1n) is 6.74. The lowest BCUT2D eigenvalue weighted by Gasteiger charge is -2.11. The fourth-order valence-electron chi connectivity index (χ4n) is 2.04. The minimum Gasteiger partial charge on any atom is -0.313 e. The maximum absolute atomic E-state index is 3.40. The van der Waals surface area contributed by atoms with Crippen molar-refractivity contribution in [1.29, 1.82) is 0 Å². The molecule has 0 unspecified atom stereocenters. The van der Waals surface area contributed by atoms with Gasteiger partial charge in [0.15, 0.2) is 0 Å². The highest BCUT2D eigenvalue weighted by atomic mass is 32.2. The van der Waals surface area contributed by atoms with Crippen LogP contribution in [0.3, 0.4) is 0 Å². The van der Waals surface area contributed by atoms with Crippen LogP contribution in [-0.2, 0) is 6.54 Å². The standard InChI is InChI=1S/C17H21NS/c1-4-18-12-15-7-5-6-8-17(15)19-16-10-9-13(2)11-14(16)3/h5-11,18H,4,12H2,1-3H3. The maximum Gasteiger partial charge on any atom is 0.0216 e. The van der Waals surface area contributed by atoms with Gasteiger partial charge in [0.25, 0.3) is 0 Å². The molecule has 2 aromatic carbocycles. The van der Waals surface area contributed by atoms with Crippen LogP contribution in [0.4, 0.5) is 0 Å². The molecule has 100 valence electrons. The Balaban J connectivity index is 2.22. The van der Waals surface area contributed by atoms with Gasteiger partial charge in [0.05, 0.1) is 0 Å². The molecule has 0 aliphatic rings. The van der Waals surface area contributed by atoms with Crippen molar-refractivity contribution in [2.45, 2.75) is 37.1 Å². The zero-order valence-corrected chi connectivity index (χ0v) is 12.7. The predicted octanol–water partition coefficient (Wildman–Crippen LogP) is 4.56. The highest BCUT2D eigenvalue weighted by molar-refractivity contribution is 7.99. The fourth-order valence-corrected chi connectivity index (χ4v) is 3.05. The molecule has 0 aromatic heterocycles. The highest BCUT2D eigenvalue weighted by Gasteiger charge is 2.05.